The Balaban J connectivity index is 3.23. The molecule has 0 bridgehead atoms. The van der Waals surface area contributed by atoms with Crippen molar-refractivity contribution in [1.29, 1.82) is 5.26 Å². The Morgan fingerprint density at radius 2 is 2.25 bits per heavy atom. The molecule has 0 aliphatic heterocycles. The van der Waals surface area contributed by atoms with Crippen LogP contribution in [0.15, 0.2) is 12.2 Å². The van der Waals surface area contributed by atoms with Gasteiger partial charge < -0.3 is 0 Å². The molecule has 0 aliphatic carbocycles. The number of nitrogens with zero attached hydrogens (tertiary/aromatic N) is 1. The molecule has 0 aromatic rings. The van der Waals surface area contributed by atoms with Crippen molar-refractivity contribution in [2.45, 2.75) is 20.3 Å². The average Bonchev–Trinajstić information content (AvgIpc) is 1.66. The van der Waals surface area contributed by atoms with E-state index in [-0.39, 0.29) is 0 Å². The van der Waals surface area contributed by atoms with Gasteiger partial charge in [0.05, 0.1) is 12.5 Å². The Kier molecular flexibility index (Phi) is 3.97. The van der Waals surface area contributed by atoms with Crippen LogP contribution in [0.5, 0.6) is 0 Å². The van der Waals surface area contributed by atoms with Gasteiger partial charge >= 0.3 is 0 Å². The maximum atomic E-state index is 8.08. The Bertz CT molecular complexity index is 106. The van der Waals surface area contributed by atoms with Gasteiger partial charge in [0.15, 0.2) is 0 Å². The topological polar surface area (TPSA) is 23.8 Å². The van der Waals surface area contributed by atoms with E-state index < -0.39 is 0 Å². The van der Waals surface area contributed by atoms with Gasteiger partial charge in [0.2, 0.25) is 0 Å². The fraction of sp³-hybridized carbons (Fsp3) is 0.571. The van der Waals surface area contributed by atoms with E-state index in [1.165, 1.54) is 0 Å². The molecule has 0 rings (SSSR count). The zero-order valence-corrected chi connectivity index (χ0v) is 5.39. The number of rotatable bonds is 2. The van der Waals surface area contributed by atoms with Crippen LogP contribution in [-0.4, -0.2) is 0 Å². The molecule has 0 radical (unpaired) electrons. The molecule has 1 heteroatoms. The van der Waals surface area contributed by atoms with E-state index in [1.54, 1.807) is 0 Å². The highest BCUT2D eigenvalue weighted by atomic mass is 14.2. The van der Waals surface area contributed by atoms with Crippen molar-refractivity contribution in [3.63, 3.8) is 0 Å². The number of hydrogen-bond acceptors (Lipinski definition) is 1. The van der Waals surface area contributed by atoms with Crippen molar-refractivity contribution >= 4 is 0 Å². The highest BCUT2D eigenvalue weighted by Crippen LogP contribution is 1.93. The second-order valence-electron chi connectivity index (χ2n) is 2.03. The summed E-state index contributed by atoms with van der Waals surface area (Å²) in [5.41, 5.74) is 0. The summed E-state index contributed by atoms with van der Waals surface area (Å²) in [5, 5.41) is 8.08. The summed E-state index contributed by atoms with van der Waals surface area (Å²) < 4.78 is 0. The summed E-state index contributed by atoms with van der Waals surface area (Å²) in [6.07, 6.45) is 4.46. The van der Waals surface area contributed by atoms with Crippen LogP contribution in [0.3, 0.4) is 0 Å². The Morgan fingerprint density at radius 3 is 2.62 bits per heavy atom. The molecule has 0 saturated heterocycles. The van der Waals surface area contributed by atoms with E-state index in [1.807, 2.05) is 18.2 Å². The van der Waals surface area contributed by atoms with Crippen LogP contribution in [-0.2, 0) is 0 Å². The van der Waals surface area contributed by atoms with E-state index in [0.29, 0.717) is 12.3 Å². The Labute approximate surface area is 50.6 Å². The quantitative estimate of drug-likeness (QED) is 0.498. The molecule has 0 aromatic carbocycles. The van der Waals surface area contributed by atoms with Gasteiger partial charge in [0, 0.05) is 0 Å². The van der Waals surface area contributed by atoms with Gasteiger partial charge in [-0.05, 0) is 5.92 Å². The van der Waals surface area contributed by atoms with Crippen LogP contribution in [0, 0.1) is 17.2 Å². The van der Waals surface area contributed by atoms with E-state index >= 15 is 0 Å². The average molecular weight is 109 g/mol. The van der Waals surface area contributed by atoms with Gasteiger partial charge in [-0.25, -0.2) is 0 Å². The van der Waals surface area contributed by atoms with E-state index in [2.05, 4.69) is 13.8 Å². The molecule has 0 N–H and O–H groups in total. The van der Waals surface area contributed by atoms with Crippen LogP contribution in [0.4, 0.5) is 0 Å². The summed E-state index contributed by atoms with van der Waals surface area (Å²) >= 11 is 0. The Hall–Kier alpha value is -0.770. The molecule has 0 amide bonds. The molecule has 0 fully saturated rings. The monoisotopic (exact) mass is 109 g/mol. The zero-order chi connectivity index (χ0) is 6.41. The molecule has 8 heavy (non-hydrogen) atoms. The maximum absolute atomic E-state index is 8.08. The summed E-state index contributed by atoms with van der Waals surface area (Å²) in [4.78, 5) is 0. The van der Waals surface area contributed by atoms with Crippen molar-refractivity contribution in [3.05, 3.63) is 12.2 Å². The SMILES string of the molecule is CC(C)C=CCC#N. The first kappa shape index (κ1) is 7.23. The van der Waals surface area contributed by atoms with Crippen LogP contribution >= 0.6 is 0 Å². The van der Waals surface area contributed by atoms with Gasteiger partial charge in [-0.15, -0.1) is 0 Å². The maximum Gasteiger partial charge on any atom is 0.0663 e. The molecule has 0 unspecified atom stereocenters. The number of nitriles is 1. The third kappa shape index (κ3) is 5.23. The van der Waals surface area contributed by atoms with Crippen molar-refractivity contribution in [2.24, 2.45) is 5.92 Å². The predicted molar refractivity (Wildman–Crippen MR) is 34.2 cm³/mol. The zero-order valence-electron chi connectivity index (χ0n) is 5.39. The van der Waals surface area contributed by atoms with Crippen LogP contribution in [0.1, 0.15) is 20.3 Å². The van der Waals surface area contributed by atoms with Gasteiger partial charge in [-0.3, -0.25) is 0 Å². The lowest BCUT2D eigenvalue weighted by Gasteiger charge is -1.88. The fourth-order valence-electron chi connectivity index (χ4n) is 0.393. The lowest BCUT2D eigenvalue weighted by molar-refractivity contribution is 0.828. The number of allylic oxidation sites excluding steroid dienone is 2. The molecule has 0 saturated carbocycles. The van der Waals surface area contributed by atoms with Crippen LogP contribution in [0.25, 0.3) is 0 Å². The summed E-state index contributed by atoms with van der Waals surface area (Å²) in [6, 6.07) is 2.04. The van der Waals surface area contributed by atoms with Gasteiger partial charge in [-0.2, -0.15) is 5.26 Å². The standard InChI is InChI=1S/C7H11N/c1-7(2)5-3-4-6-8/h3,5,7H,4H2,1-2H3. The first-order chi connectivity index (χ1) is 3.77. The molecule has 1 nitrogen and oxygen atoms in total. The van der Waals surface area contributed by atoms with Gasteiger partial charge in [-0.1, -0.05) is 26.0 Å². The van der Waals surface area contributed by atoms with Crippen molar-refractivity contribution in [1.82, 2.24) is 0 Å². The second kappa shape index (κ2) is 4.39. The van der Waals surface area contributed by atoms with Gasteiger partial charge in [0.25, 0.3) is 0 Å². The second-order valence-corrected chi connectivity index (χ2v) is 2.03. The van der Waals surface area contributed by atoms with E-state index in [9.17, 15) is 0 Å². The molecule has 44 valence electrons. The molecule has 0 heterocycles. The largest absolute Gasteiger partial charge is 0.198 e. The summed E-state index contributed by atoms with van der Waals surface area (Å²) in [6.45, 7) is 4.18. The van der Waals surface area contributed by atoms with E-state index in [0.717, 1.165) is 0 Å². The molecule has 0 atom stereocenters. The third-order valence-corrected chi connectivity index (χ3v) is 0.730. The minimum absolute atomic E-state index is 0.540. The Morgan fingerprint density at radius 1 is 1.62 bits per heavy atom. The van der Waals surface area contributed by atoms with Crippen LogP contribution < -0.4 is 0 Å². The third-order valence-electron chi connectivity index (χ3n) is 0.730. The van der Waals surface area contributed by atoms with Crippen molar-refractivity contribution in [3.8, 4) is 6.07 Å². The smallest absolute Gasteiger partial charge is 0.0663 e. The highest BCUT2D eigenvalue weighted by Gasteiger charge is 1.80. The van der Waals surface area contributed by atoms with Crippen molar-refractivity contribution < 1.29 is 0 Å². The lowest BCUT2D eigenvalue weighted by Crippen LogP contribution is -1.75. The molecular weight excluding hydrogens is 98.1 g/mol. The molecule has 0 aliphatic rings. The van der Waals surface area contributed by atoms with Crippen molar-refractivity contribution in [2.75, 3.05) is 0 Å². The fourth-order valence-corrected chi connectivity index (χ4v) is 0.393. The molecule has 0 spiro atoms. The van der Waals surface area contributed by atoms with Gasteiger partial charge in [0.1, 0.15) is 0 Å². The minimum Gasteiger partial charge on any atom is -0.198 e. The first-order valence-corrected chi connectivity index (χ1v) is 2.81. The van der Waals surface area contributed by atoms with Crippen LogP contribution in [0.2, 0.25) is 0 Å². The first-order valence-electron chi connectivity index (χ1n) is 2.81. The number of hydrogen-bond donors (Lipinski definition) is 0. The minimum atomic E-state index is 0.540. The predicted octanol–water partition coefficient (Wildman–Crippen LogP) is 2.11. The van der Waals surface area contributed by atoms with E-state index in [4.69, 9.17) is 5.26 Å². The highest BCUT2D eigenvalue weighted by molar-refractivity contribution is 4.91. The molecular formula is C7H11N. The summed E-state index contributed by atoms with van der Waals surface area (Å²) in [7, 11) is 0. The normalized spacial score (nSPS) is 10.2. The summed E-state index contributed by atoms with van der Waals surface area (Å²) in [5.74, 6) is 0.573. The molecule has 0 aromatic heterocycles. The lowest BCUT2D eigenvalue weighted by atomic mass is 10.2.